The number of aliphatic hydroxyl groups excluding tert-OH is 5. The van der Waals surface area contributed by atoms with Crippen molar-refractivity contribution in [1.82, 2.24) is 0 Å². The molecule has 8 atom stereocenters. The van der Waals surface area contributed by atoms with E-state index in [-0.39, 0.29) is 12.8 Å². The van der Waals surface area contributed by atoms with Crippen molar-refractivity contribution in [3.8, 4) is 0 Å². The fourth-order valence-electron chi connectivity index (χ4n) is 5.70. The topological polar surface area (TPSA) is 210 Å². The van der Waals surface area contributed by atoms with Gasteiger partial charge in [-0.1, -0.05) is 115 Å². The van der Waals surface area contributed by atoms with Crippen LogP contribution in [0.5, 0.6) is 0 Å². The lowest BCUT2D eigenvalue weighted by atomic mass is 9.85. The predicted octanol–water partition coefficient (Wildman–Crippen LogP) is 6.27. The fourth-order valence-corrected chi connectivity index (χ4v) is 6.68. The van der Waals surface area contributed by atoms with E-state index in [9.17, 15) is 44.6 Å². The second-order valence-corrected chi connectivity index (χ2v) is 15.2. The Hall–Kier alpha value is -1.93. The highest BCUT2D eigenvalue weighted by Gasteiger charge is 2.51. The number of ether oxygens (including phenoxy) is 2. The summed E-state index contributed by atoms with van der Waals surface area (Å²) in [7, 11) is -5.12. The Morgan fingerprint density at radius 1 is 0.585 bits per heavy atom. The van der Waals surface area contributed by atoms with Crippen molar-refractivity contribution in [2.75, 3.05) is 13.2 Å². The molecule has 1 rings (SSSR count). The average Bonchev–Trinajstić information content (AvgIpc) is 3.13. The zero-order chi connectivity index (χ0) is 39.3. The van der Waals surface area contributed by atoms with Crippen LogP contribution in [-0.4, -0.2) is 98.3 Å². The van der Waals surface area contributed by atoms with Gasteiger partial charge in [0.1, 0.15) is 43.2 Å². The molecule has 308 valence electrons. The van der Waals surface area contributed by atoms with Gasteiger partial charge < -0.3 is 39.9 Å². The van der Waals surface area contributed by atoms with Gasteiger partial charge in [-0.05, 0) is 51.4 Å². The first-order chi connectivity index (χ1) is 25.4. The lowest BCUT2D eigenvalue weighted by molar-refractivity contribution is -0.220. The molecule has 6 unspecified atom stereocenters. The molecule has 0 radical (unpaired) electrons. The molecule has 14 heteroatoms. The molecule has 1 fully saturated rings. The smallest absolute Gasteiger partial charge is 0.462 e. The number of unbranched alkanes of at least 4 members (excludes halogenated alkanes) is 13. The molecule has 0 spiro atoms. The Morgan fingerprint density at radius 3 is 1.58 bits per heavy atom. The Morgan fingerprint density at radius 2 is 1.02 bits per heavy atom. The number of phosphoric acid groups is 1. The van der Waals surface area contributed by atoms with Crippen molar-refractivity contribution in [1.29, 1.82) is 0 Å². The van der Waals surface area contributed by atoms with Crippen LogP contribution in [0.3, 0.4) is 0 Å². The monoisotopic (exact) mass is 776 g/mol. The lowest BCUT2D eigenvalue weighted by Crippen LogP contribution is -2.64. The molecule has 0 saturated heterocycles. The summed E-state index contributed by atoms with van der Waals surface area (Å²) >= 11 is 0. The van der Waals surface area contributed by atoms with Crippen molar-refractivity contribution in [2.24, 2.45) is 0 Å². The predicted molar refractivity (Wildman–Crippen MR) is 203 cm³/mol. The molecule has 0 aromatic rings. The molecule has 13 nitrogen and oxygen atoms in total. The summed E-state index contributed by atoms with van der Waals surface area (Å²) in [4.78, 5) is 35.4. The maximum atomic E-state index is 12.7. The molecule has 53 heavy (non-hydrogen) atoms. The number of rotatable bonds is 31. The quantitative estimate of drug-likeness (QED) is 0.0199. The second kappa shape index (κ2) is 30.3. The van der Waals surface area contributed by atoms with Gasteiger partial charge in [0.25, 0.3) is 0 Å². The molecule has 0 aromatic heterocycles. The standard InChI is InChI=1S/C39H69O13P/c1-3-5-7-9-11-13-14-15-16-17-18-20-22-24-26-28-33(41)51-31(29-49-32(40)27-25-23-21-19-12-10-8-6-4-2)30-50-53(47,48)52-39-37(45)35(43)34(42)36(44)38(39)46/h11,13,15-16,18,20,31,34-39,42-46H,3-10,12,14,17,19,21-30H2,1-2H3,(H,47,48)/b13-11+,16-15+,20-18+/t31-,34?,35+,36?,37?,38?,39?/m1/s1. The first kappa shape index (κ1) is 49.1. The normalized spacial score (nSPS) is 23.8. The Kier molecular flexibility index (Phi) is 28.1. The Bertz CT molecular complexity index is 1080. The Balaban J connectivity index is 2.57. The van der Waals surface area contributed by atoms with Crippen molar-refractivity contribution in [2.45, 2.75) is 185 Å². The molecule has 0 amide bonds. The third-order valence-electron chi connectivity index (χ3n) is 8.98. The van der Waals surface area contributed by atoms with Crippen LogP contribution in [0.25, 0.3) is 0 Å². The SMILES string of the molecule is CCCCC/C=C/C/C=C/C/C=C/CCCCC(=O)O[C@H](COC(=O)CCCCCCCCCCC)COP(=O)(O)OC1C(O)C(O)C(O)[C@H](O)C1O. The van der Waals surface area contributed by atoms with Gasteiger partial charge in [-0.2, -0.15) is 0 Å². The second-order valence-electron chi connectivity index (χ2n) is 13.8. The third kappa shape index (κ3) is 23.6. The van der Waals surface area contributed by atoms with Crippen molar-refractivity contribution < 1.29 is 63.1 Å². The summed E-state index contributed by atoms with van der Waals surface area (Å²) in [6.45, 7) is 3.17. The number of carbonyl (C=O) groups excluding carboxylic acids is 2. The van der Waals surface area contributed by atoms with Crippen LogP contribution in [0, 0.1) is 0 Å². The summed E-state index contributed by atoms with van der Waals surface area (Å²) in [6, 6.07) is 0. The molecule has 1 saturated carbocycles. The first-order valence-corrected chi connectivity index (χ1v) is 21.3. The van der Waals surface area contributed by atoms with Gasteiger partial charge in [-0.15, -0.1) is 0 Å². The molecule has 0 heterocycles. The van der Waals surface area contributed by atoms with Gasteiger partial charge >= 0.3 is 19.8 Å². The summed E-state index contributed by atoms with van der Waals surface area (Å²) in [5.74, 6) is -1.15. The summed E-state index contributed by atoms with van der Waals surface area (Å²) in [6.07, 6.45) is 18.0. The molecule has 0 bridgehead atoms. The minimum absolute atomic E-state index is 0.0487. The van der Waals surface area contributed by atoms with E-state index in [2.05, 4.69) is 50.3 Å². The lowest BCUT2D eigenvalue weighted by Gasteiger charge is -2.41. The molecule has 1 aliphatic rings. The average molecular weight is 777 g/mol. The molecule has 0 aromatic carbocycles. The van der Waals surface area contributed by atoms with Gasteiger partial charge in [-0.25, -0.2) is 4.57 Å². The van der Waals surface area contributed by atoms with Crippen molar-refractivity contribution in [3.63, 3.8) is 0 Å². The van der Waals surface area contributed by atoms with Crippen LogP contribution >= 0.6 is 7.82 Å². The zero-order valence-corrected chi connectivity index (χ0v) is 32.9. The molecular formula is C39H69O13P. The molecule has 0 aliphatic heterocycles. The number of hydrogen-bond donors (Lipinski definition) is 6. The van der Waals surface area contributed by atoms with Crippen molar-refractivity contribution >= 4 is 19.8 Å². The largest absolute Gasteiger partial charge is 0.472 e. The van der Waals surface area contributed by atoms with Crippen LogP contribution < -0.4 is 0 Å². The maximum absolute atomic E-state index is 12.7. The first-order valence-electron chi connectivity index (χ1n) is 19.8. The number of carbonyl (C=O) groups is 2. The van der Waals surface area contributed by atoms with Gasteiger partial charge in [0, 0.05) is 12.8 Å². The highest BCUT2D eigenvalue weighted by Crippen LogP contribution is 2.47. The van der Waals surface area contributed by atoms with E-state index >= 15 is 0 Å². The van der Waals surface area contributed by atoms with E-state index in [1.54, 1.807) is 0 Å². The molecule has 1 aliphatic carbocycles. The maximum Gasteiger partial charge on any atom is 0.472 e. The molecular weight excluding hydrogens is 707 g/mol. The van der Waals surface area contributed by atoms with E-state index in [4.69, 9.17) is 18.5 Å². The van der Waals surface area contributed by atoms with Crippen LogP contribution in [0.4, 0.5) is 0 Å². The number of phosphoric ester groups is 1. The van der Waals surface area contributed by atoms with E-state index in [0.717, 1.165) is 51.4 Å². The Labute approximate surface area is 317 Å². The number of hydrogen-bond acceptors (Lipinski definition) is 12. The number of aliphatic hydroxyl groups is 5. The molecule has 6 N–H and O–H groups in total. The van der Waals surface area contributed by atoms with E-state index < -0.39 is 75.7 Å². The third-order valence-corrected chi connectivity index (χ3v) is 9.97. The summed E-state index contributed by atoms with van der Waals surface area (Å²) in [5.41, 5.74) is 0. The van der Waals surface area contributed by atoms with Crippen LogP contribution in [0.1, 0.15) is 142 Å². The van der Waals surface area contributed by atoms with Gasteiger partial charge in [0.05, 0.1) is 6.61 Å². The van der Waals surface area contributed by atoms with E-state index in [1.165, 1.54) is 51.4 Å². The number of allylic oxidation sites excluding steroid dienone is 6. The van der Waals surface area contributed by atoms with Crippen LogP contribution in [0.15, 0.2) is 36.5 Å². The van der Waals surface area contributed by atoms with Crippen molar-refractivity contribution in [3.05, 3.63) is 36.5 Å². The van der Waals surface area contributed by atoms with Crippen LogP contribution in [0.2, 0.25) is 0 Å². The fraction of sp³-hybridized carbons (Fsp3) is 0.795. The minimum atomic E-state index is -5.12. The zero-order valence-electron chi connectivity index (χ0n) is 32.1. The summed E-state index contributed by atoms with van der Waals surface area (Å²) < 4.78 is 33.3. The van der Waals surface area contributed by atoms with Crippen LogP contribution in [-0.2, 0) is 32.7 Å². The van der Waals surface area contributed by atoms with E-state index in [1.807, 2.05) is 0 Å². The number of esters is 2. The van der Waals surface area contributed by atoms with Gasteiger partial charge in [0.15, 0.2) is 6.10 Å². The van der Waals surface area contributed by atoms with Gasteiger partial charge in [0.2, 0.25) is 0 Å². The minimum Gasteiger partial charge on any atom is -0.462 e. The highest BCUT2D eigenvalue weighted by atomic mass is 31.2. The highest BCUT2D eigenvalue weighted by molar-refractivity contribution is 7.47. The van der Waals surface area contributed by atoms with E-state index in [0.29, 0.717) is 12.8 Å². The van der Waals surface area contributed by atoms with Gasteiger partial charge in [-0.3, -0.25) is 18.6 Å². The summed E-state index contributed by atoms with van der Waals surface area (Å²) in [5, 5.41) is 49.9.